The summed E-state index contributed by atoms with van der Waals surface area (Å²) < 4.78 is 39.9. The van der Waals surface area contributed by atoms with Gasteiger partial charge in [-0.15, -0.1) is 0 Å². The maximum atomic E-state index is 13.3. The van der Waals surface area contributed by atoms with Gasteiger partial charge >= 0.3 is 6.18 Å². The van der Waals surface area contributed by atoms with Gasteiger partial charge in [-0.05, 0) is 49.6 Å². The van der Waals surface area contributed by atoms with Crippen LogP contribution in [0.25, 0.3) is 10.9 Å². The molecule has 33 heavy (non-hydrogen) atoms. The molecule has 3 aromatic rings. The molecule has 0 unspecified atom stereocenters. The monoisotopic (exact) mass is 458 g/mol. The van der Waals surface area contributed by atoms with Crippen molar-refractivity contribution in [1.29, 1.82) is 0 Å². The lowest BCUT2D eigenvalue weighted by molar-refractivity contribution is -0.136. The van der Waals surface area contributed by atoms with Crippen LogP contribution in [0.4, 0.5) is 36.3 Å². The topological polar surface area (TPSA) is 96.2 Å². The van der Waals surface area contributed by atoms with E-state index in [-0.39, 0.29) is 29.3 Å². The number of carbonyl (C=O) groups excluding carboxylic acids is 1. The molecular formula is C23H25F3N6O. The molecule has 0 aliphatic carbocycles. The number of rotatable bonds is 4. The number of fused-ring (bicyclic) bond motifs is 1. The predicted octanol–water partition coefficient (Wildman–Crippen LogP) is 4.39. The highest BCUT2D eigenvalue weighted by Crippen LogP contribution is 2.36. The molecule has 2 aromatic carbocycles. The maximum absolute atomic E-state index is 13.3. The summed E-state index contributed by atoms with van der Waals surface area (Å²) in [6.45, 7) is 4.74. The Balaban J connectivity index is 1.74. The number of aryl methyl sites for hydroxylation is 1. The average molecular weight is 458 g/mol. The summed E-state index contributed by atoms with van der Waals surface area (Å²) in [5.41, 5.74) is 6.06. The minimum Gasteiger partial charge on any atom is -0.398 e. The molecule has 1 fully saturated rings. The normalized spacial score (nSPS) is 16.6. The molecule has 1 aromatic heterocycles. The summed E-state index contributed by atoms with van der Waals surface area (Å²) in [5, 5.41) is 6.72. The van der Waals surface area contributed by atoms with Crippen molar-refractivity contribution < 1.29 is 18.0 Å². The highest BCUT2D eigenvalue weighted by molar-refractivity contribution is 5.93. The molecule has 0 radical (unpaired) electrons. The van der Waals surface area contributed by atoms with Gasteiger partial charge in [0, 0.05) is 42.8 Å². The fraction of sp³-hybridized carbons (Fsp3) is 0.348. The van der Waals surface area contributed by atoms with Crippen molar-refractivity contribution in [2.45, 2.75) is 38.9 Å². The van der Waals surface area contributed by atoms with Crippen molar-refractivity contribution in [3.05, 3.63) is 47.5 Å². The summed E-state index contributed by atoms with van der Waals surface area (Å²) >= 11 is 0. The second-order valence-corrected chi connectivity index (χ2v) is 8.25. The van der Waals surface area contributed by atoms with E-state index in [2.05, 4.69) is 25.5 Å². The van der Waals surface area contributed by atoms with Crippen LogP contribution in [0.15, 0.2) is 36.4 Å². The van der Waals surface area contributed by atoms with Crippen LogP contribution in [0.2, 0.25) is 0 Å². The van der Waals surface area contributed by atoms with Crippen LogP contribution >= 0.6 is 0 Å². The molecule has 1 atom stereocenters. The molecular weight excluding hydrogens is 433 g/mol. The fourth-order valence-electron chi connectivity index (χ4n) is 4.16. The number of nitrogens with zero attached hydrogens (tertiary/aromatic N) is 3. The smallest absolute Gasteiger partial charge is 0.398 e. The van der Waals surface area contributed by atoms with Crippen LogP contribution in [0.3, 0.4) is 0 Å². The molecule has 10 heteroatoms. The van der Waals surface area contributed by atoms with Gasteiger partial charge in [0.2, 0.25) is 11.9 Å². The van der Waals surface area contributed by atoms with Crippen LogP contribution in [-0.4, -0.2) is 35.0 Å². The van der Waals surface area contributed by atoms with E-state index >= 15 is 0 Å². The summed E-state index contributed by atoms with van der Waals surface area (Å²) in [6, 6.07) is 9.38. The molecule has 0 spiro atoms. The van der Waals surface area contributed by atoms with Crippen molar-refractivity contribution in [3.8, 4) is 0 Å². The van der Waals surface area contributed by atoms with Gasteiger partial charge in [-0.3, -0.25) is 4.79 Å². The third-order valence-electron chi connectivity index (χ3n) is 5.65. The highest BCUT2D eigenvalue weighted by Gasteiger charge is 2.33. The Labute approximate surface area is 189 Å². The molecule has 0 saturated carbocycles. The van der Waals surface area contributed by atoms with Gasteiger partial charge in [-0.1, -0.05) is 12.1 Å². The molecule has 1 saturated heterocycles. The van der Waals surface area contributed by atoms with Gasteiger partial charge in [0.15, 0.2) is 0 Å². The lowest BCUT2D eigenvalue weighted by atomic mass is 10.0. The number of amides is 1. The van der Waals surface area contributed by atoms with Crippen LogP contribution < -0.4 is 21.3 Å². The number of hydrogen-bond acceptors (Lipinski definition) is 6. The van der Waals surface area contributed by atoms with E-state index in [1.165, 1.54) is 19.1 Å². The lowest BCUT2D eigenvalue weighted by Gasteiger charge is -2.34. The van der Waals surface area contributed by atoms with Gasteiger partial charge in [0.1, 0.15) is 5.82 Å². The first-order valence-electron chi connectivity index (χ1n) is 10.6. The Morgan fingerprint density at radius 1 is 1.21 bits per heavy atom. The molecule has 174 valence electrons. The number of benzene rings is 2. The number of nitrogens with two attached hydrogens (primary N) is 1. The van der Waals surface area contributed by atoms with Gasteiger partial charge < -0.3 is 21.3 Å². The van der Waals surface area contributed by atoms with Crippen molar-refractivity contribution >= 4 is 40.0 Å². The van der Waals surface area contributed by atoms with Crippen LogP contribution in [0.5, 0.6) is 0 Å². The van der Waals surface area contributed by atoms with Crippen molar-refractivity contribution in [2.24, 2.45) is 0 Å². The Hall–Kier alpha value is -3.56. The van der Waals surface area contributed by atoms with E-state index in [9.17, 15) is 18.0 Å². The number of alkyl halides is 3. The second-order valence-electron chi connectivity index (χ2n) is 8.25. The Morgan fingerprint density at radius 3 is 2.73 bits per heavy atom. The van der Waals surface area contributed by atoms with Gasteiger partial charge in [-0.2, -0.15) is 18.2 Å². The van der Waals surface area contributed by atoms with Crippen molar-refractivity contribution in [2.75, 3.05) is 29.0 Å². The highest BCUT2D eigenvalue weighted by atomic mass is 19.4. The number of para-hydroxylation sites is 1. The number of hydrogen-bond donors (Lipinski definition) is 3. The van der Waals surface area contributed by atoms with Crippen molar-refractivity contribution in [1.82, 2.24) is 15.3 Å². The number of nitrogens with one attached hydrogen (secondary N) is 2. The lowest BCUT2D eigenvalue weighted by Crippen LogP contribution is -2.47. The number of aromatic nitrogens is 2. The van der Waals surface area contributed by atoms with Gasteiger partial charge in [-0.25, -0.2) is 4.98 Å². The molecule has 1 aliphatic rings. The Morgan fingerprint density at radius 2 is 2.00 bits per heavy atom. The summed E-state index contributed by atoms with van der Waals surface area (Å²) in [5.74, 6) is 0.774. The number of nitrogen functional groups attached to an aromatic ring is 1. The first-order valence-corrected chi connectivity index (χ1v) is 10.6. The van der Waals surface area contributed by atoms with E-state index in [1.54, 1.807) is 0 Å². The van der Waals surface area contributed by atoms with E-state index in [1.807, 2.05) is 25.1 Å². The van der Waals surface area contributed by atoms with Crippen LogP contribution in [-0.2, 0) is 11.0 Å². The Bertz CT molecular complexity index is 1200. The second kappa shape index (κ2) is 8.76. The van der Waals surface area contributed by atoms with E-state index < -0.39 is 11.7 Å². The average Bonchev–Trinajstić information content (AvgIpc) is 2.74. The van der Waals surface area contributed by atoms with E-state index in [0.29, 0.717) is 17.9 Å². The SMILES string of the molecule is CC(=O)N[C@@H]1CCCN(c2nc(Nc3ccc(N)c(C(F)(F)F)c3)nc3c(C)cccc23)C1. The first kappa shape index (κ1) is 22.6. The number of piperidine rings is 1. The minimum atomic E-state index is -4.57. The quantitative estimate of drug-likeness (QED) is 0.502. The molecule has 4 rings (SSSR count). The molecule has 4 N–H and O–H groups in total. The third kappa shape index (κ3) is 4.94. The summed E-state index contributed by atoms with van der Waals surface area (Å²) in [4.78, 5) is 22.9. The predicted molar refractivity (Wildman–Crippen MR) is 122 cm³/mol. The molecule has 2 heterocycles. The van der Waals surface area contributed by atoms with Crippen LogP contribution in [0, 0.1) is 6.92 Å². The van der Waals surface area contributed by atoms with E-state index in [0.717, 1.165) is 36.4 Å². The summed E-state index contributed by atoms with van der Waals surface area (Å²) in [6.07, 6.45) is -2.83. The number of carbonyl (C=O) groups is 1. The third-order valence-corrected chi connectivity index (χ3v) is 5.65. The molecule has 0 bridgehead atoms. The molecule has 1 aliphatic heterocycles. The van der Waals surface area contributed by atoms with Crippen LogP contribution in [0.1, 0.15) is 30.9 Å². The molecule has 7 nitrogen and oxygen atoms in total. The number of anilines is 4. The van der Waals surface area contributed by atoms with Crippen molar-refractivity contribution in [3.63, 3.8) is 0 Å². The Kier molecular flexibility index (Phi) is 6.01. The zero-order valence-electron chi connectivity index (χ0n) is 18.3. The summed E-state index contributed by atoms with van der Waals surface area (Å²) in [7, 11) is 0. The fourth-order valence-corrected chi connectivity index (χ4v) is 4.16. The van der Waals surface area contributed by atoms with E-state index in [4.69, 9.17) is 5.73 Å². The molecule has 1 amide bonds. The largest absolute Gasteiger partial charge is 0.418 e. The zero-order valence-corrected chi connectivity index (χ0v) is 18.3. The maximum Gasteiger partial charge on any atom is 0.418 e. The minimum absolute atomic E-state index is 0.00562. The standard InChI is InChI=1S/C23H25F3N6O/c1-13-5-3-7-17-20(13)30-22(29-15-8-9-19(27)18(11-15)23(24,25)26)31-21(17)32-10-4-6-16(12-32)28-14(2)33/h3,5,7-9,11,16H,4,6,10,12,27H2,1-2H3,(H,28,33)(H,29,30,31)/t16-/m1/s1. The zero-order chi connectivity index (χ0) is 23.8. The number of halogens is 3. The van der Waals surface area contributed by atoms with Gasteiger partial charge in [0.05, 0.1) is 11.1 Å². The van der Waals surface area contributed by atoms with Gasteiger partial charge in [0.25, 0.3) is 0 Å². The first-order chi connectivity index (χ1) is 15.6.